The Bertz CT molecular complexity index is 527. The van der Waals surface area contributed by atoms with Gasteiger partial charge in [0.2, 0.25) is 0 Å². The maximum absolute atomic E-state index is 8.32. The van der Waals surface area contributed by atoms with Crippen molar-refractivity contribution in [1.82, 2.24) is 5.32 Å². The van der Waals surface area contributed by atoms with Gasteiger partial charge in [0.25, 0.3) is 0 Å². The highest BCUT2D eigenvalue weighted by Crippen LogP contribution is 2.15. The van der Waals surface area contributed by atoms with Gasteiger partial charge in [-0.05, 0) is 66.4 Å². The first-order valence-electron chi connectivity index (χ1n) is 8.62. The number of nitrogens with one attached hydrogen (secondary N) is 2. The van der Waals surface area contributed by atoms with Gasteiger partial charge in [0.05, 0.1) is 0 Å². The summed E-state index contributed by atoms with van der Waals surface area (Å²) in [5, 5.41) is 11.5. The van der Waals surface area contributed by atoms with Crippen LogP contribution in [0.3, 0.4) is 0 Å². The van der Waals surface area contributed by atoms with Crippen molar-refractivity contribution in [2.75, 3.05) is 0 Å². The number of aliphatic imine (C=N–C) groups is 1. The molecule has 134 valence electrons. The van der Waals surface area contributed by atoms with E-state index < -0.39 is 0 Å². The number of allylic oxidation sites excluding steroid dienone is 5. The van der Waals surface area contributed by atoms with Crippen LogP contribution in [0.4, 0.5) is 0 Å². The minimum absolute atomic E-state index is 0.133. The predicted octanol–water partition coefficient (Wildman–Crippen LogP) is 5.82. The van der Waals surface area contributed by atoms with Gasteiger partial charge < -0.3 is 5.32 Å². The molecule has 0 bridgehead atoms. The molecule has 0 aliphatic rings. The number of nitrogens with zero attached hydrogens (tertiary/aromatic N) is 1. The van der Waals surface area contributed by atoms with Crippen molar-refractivity contribution in [2.45, 2.75) is 67.0 Å². The molecule has 0 spiro atoms. The Morgan fingerprint density at radius 1 is 1.17 bits per heavy atom. The summed E-state index contributed by atoms with van der Waals surface area (Å²) in [6, 6.07) is 0. The van der Waals surface area contributed by atoms with Gasteiger partial charge in [-0.25, -0.2) is 0 Å². The minimum atomic E-state index is -0.133. The quantitative estimate of drug-likeness (QED) is 0.296. The van der Waals surface area contributed by atoms with Crippen LogP contribution >= 0.6 is 0 Å². The molecule has 3 nitrogen and oxygen atoms in total. The van der Waals surface area contributed by atoms with Crippen molar-refractivity contribution in [2.24, 2.45) is 10.9 Å². The summed E-state index contributed by atoms with van der Waals surface area (Å²) in [7, 11) is 0. The van der Waals surface area contributed by atoms with Crippen LogP contribution in [-0.2, 0) is 0 Å². The van der Waals surface area contributed by atoms with Crippen LogP contribution in [0.5, 0.6) is 0 Å². The van der Waals surface area contributed by atoms with Gasteiger partial charge in [0, 0.05) is 12.1 Å². The molecule has 0 saturated carbocycles. The highest BCUT2D eigenvalue weighted by molar-refractivity contribution is 5.96. The largest absolute Gasteiger partial charge is 0.349 e. The molecule has 0 aromatic rings. The Hall–Kier alpha value is -1.90. The predicted molar refractivity (Wildman–Crippen MR) is 109 cm³/mol. The Morgan fingerprint density at radius 2 is 1.79 bits per heavy atom. The van der Waals surface area contributed by atoms with Crippen LogP contribution in [0.25, 0.3) is 0 Å². The fraction of sp³-hybridized carbons (Fsp3) is 0.524. The van der Waals surface area contributed by atoms with Crippen molar-refractivity contribution in [3.05, 3.63) is 47.6 Å². The molecule has 0 rings (SSSR count). The van der Waals surface area contributed by atoms with Crippen molar-refractivity contribution in [1.29, 1.82) is 5.41 Å². The molecule has 0 aromatic heterocycles. The van der Waals surface area contributed by atoms with E-state index >= 15 is 0 Å². The van der Waals surface area contributed by atoms with Gasteiger partial charge in [-0.1, -0.05) is 28.9 Å². The van der Waals surface area contributed by atoms with Gasteiger partial charge in [-0.15, -0.1) is 13.2 Å². The van der Waals surface area contributed by atoms with E-state index in [-0.39, 0.29) is 12.1 Å². The maximum atomic E-state index is 8.32. The summed E-state index contributed by atoms with van der Waals surface area (Å²) in [5.74, 6) is 0.685. The number of rotatable bonds is 10. The van der Waals surface area contributed by atoms with Crippen molar-refractivity contribution < 1.29 is 0 Å². The topological polar surface area (TPSA) is 48.2 Å². The lowest BCUT2D eigenvalue weighted by Crippen LogP contribution is -2.32. The summed E-state index contributed by atoms with van der Waals surface area (Å²) >= 11 is 0. The van der Waals surface area contributed by atoms with Crippen LogP contribution in [0, 0.1) is 11.3 Å². The van der Waals surface area contributed by atoms with E-state index in [1.165, 1.54) is 5.57 Å². The molecule has 0 fully saturated rings. The molecule has 2 N–H and O–H groups in total. The molecule has 0 aliphatic heterocycles. The van der Waals surface area contributed by atoms with Gasteiger partial charge in [0.15, 0.2) is 0 Å². The third-order valence-electron chi connectivity index (χ3n) is 3.66. The van der Waals surface area contributed by atoms with Crippen molar-refractivity contribution in [3.8, 4) is 0 Å². The first-order chi connectivity index (χ1) is 11.2. The molecule has 0 aromatic carbocycles. The summed E-state index contributed by atoms with van der Waals surface area (Å²) in [6.45, 7) is 20.1. The van der Waals surface area contributed by atoms with E-state index in [9.17, 15) is 0 Å². The van der Waals surface area contributed by atoms with Crippen LogP contribution in [0.15, 0.2) is 52.6 Å². The molecule has 0 aliphatic carbocycles. The molecule has 3 heteroatoms. The average molecular weight is 330 g/mol. The lowest BCUT2D eigenvalue weighted by molar-refractivity contribution is 0.690. The molecule has 0 amide bonds. The number of hydrogen-bond acceptors (Lipinski definition) is 2. The first-order valence-corrected chi connectivity index (χ1v) is 8.62. The lowest BCUT2D eigenvalue weighted by Gasteiger charge is -2.17. The van der Waals surface area contributed by atoms with Gasteiger partial charge >= 0.3 is 0 Å². The molecule has 2 atom stereocenters. The zero-order valence-electron chi connectivity index (χ0n) is 16.4. The fourth-order valence-corrected chi connectivity index (χ4v) is 2.13. The Morgan fingerprint density at radius 3 is 2.25 bits per heavy atom. The van der Waals surface area contributed by atoms with E-state index in [1.54, 1.807) is 0 Å². The summed E-state index contributed by atoms with van der Waals surface area (Å²) in [5.41, 5.74) is 4.65. The minimum Gasteiger partial charge on any atom is -0.349 e. The van der Waals surface area contributed by atoms with Gasteiger partial charge in [-0.3, -0.25) is 10.4 Å². The monoisotopic (exact) mass is 329 g/mol. The molecule has 0 radical (unpaired) electrons. The third kappa shape index (κ3) is 9.98. The highest BCUT2D eigenvalue weighted by atomic mass is 15.1. The van der Waals surface area contributed by atoms with E-state index in [0.717, 1.165) is 36.0 Å². The second kappa shape index (κ2) is 11.6. The zero-order valence-corrected chi connectivity index (χ0v) is 16.4. The molecule has 0 saturated heterocycles. The summed E-state index contributed by atoms with van der Waals surface area (Å²) in [6.07, 6.45) is 8.56. The van der Waals surface area contributed by atoms with Crippen molar-refractivity contribution in [3.63, 3.8) is 0 Å². The second-order valence-corrected chi connectivity index (χ2v) is 6.85. The van der Waals surface area contributed by atoms with Crippen molar-refractivity contribution >= 4 is 12.1 Å². The second-order valence-electron chi connectivity index (χ2n) is 6.85. The summed E-state index contributed by atoms with van der Waals surface area (Å²) in [4.78, 5) is 4.53. The zero-order chi connectivity index (χ0) is 18.7. The molecule has 0 heterocycles. The molecule has 24 heavy (non-hydrogen) atoms. The van der Waals surface area contributed by atoms with E-state index in [1.807, 2.05) is 40.0 Å². The van der Waals surface area contributed by atoms with Crippen LogP contribution in [0.1, 0.15) is 60.8 Å². The Kier molecular flexibility index (Phi) is 10.7. The number of amidine groups is 1. The van der Waals surface area contributed by atoms with E-state index in [4.69, 9.17) is 5.41 Å². The van der Waals surface area contributed by atoms with E-state index in [2.05, 4.69) is 43.4 Å². The standard InChI is InChI=1S/C21H35N3/c1-9-19(12-10-15(2)3)14-23-18(8)24-21(22)20(17(6)7)13-11-16(4)5/h9-10,14,18-19H,1,4,11-13H2,2-3,5-8H3,(H2,22,24). The first kappa shape index (κ1) is 22.1. The van der Waals surface area contributed by atoms with Crippen LogP contribution in [0.2, 0.25) is 0 Å². The highest BCUT2D eigenvalue weighted by Gasteiger charge is 2.10. The molecule has 2 unspecified atom stereocenters. The Labute approximate surface area is 148 Å². The smallest absolute Gasteiger partial charge is 0.122 e. The van der Waals surface area contributed by atoms with Gasteiger partial charge in [0.1, 0.15) is 12.0 Å². The lowest BCUT2D eigenvalue weighted by atomic mass is 10.0. The fourth-order valence-electron chi connectivity index (χ4n) is 2.13. The normalized spacial score (nSPS) is 13.1. The van der Waals surface area contributed by atoms with Gasteiger partial charge in [-0.2, -0.15) is 0 Å². The van der Waals surface area contributed by atoms with Crippen LogP contribution < -0.4 is 5.32 Å². The molecular weight excluding hydrogens is 294 g/mol. The number of hydrogen-bond donors (Lipinski definition) is 2. The SMILES string of the molecule is C=CC(C=NC(C)NC(=N)C(CCC(=C)C)=C(C)C)CC=C(C)C. The summed E-state index contributed by atoms with van der Waals surface area (Å²) < 4.78 is 0. The maximum Gasteiger partial charge on any atom is 0.122 e. The average Bonchev–Trinajstić information content (AvgIpc) is 2.46. The third-order valence-corrected chi connectivity index (χ3v) is 3.66. The Balaban J connectivity index is 4.74. The van der Waals surface area contributed by atoms with Crippen LogP contribution in [-0.4, -0.2) is 18.2 Å². The van der Waals surface area contributed by atoms with E-state index in [0.29, 0.717) is 5.84 Å². The molecular formula is C21H35N3.